The third kappa shape index (κ3) is 2.92. The number of rotatable bonds is 3. The van der Waals surface area contributed by atoms with Gasteiger partial charge in [-0.15, -0.1) is 0 Å². The van der Waals surface area contributed by atoms with E-state index in [1.165, 1.54) is 5.56 Å². The Morgan fingerprint density at radius 3 is 2.43 bits per heavy atom. The van der Waals surface area contributed by atoms with Crippen molar-refractivity contribution in [3.63, 3.8) is 0 Å². The van der Waals surface area contributed by atoms with Gasteiger partial charge in [0, 0.05) is 5.56 Å². The Morgan fingerprint density at radius 2 is 1.95 bits per heavy atom. The van der Waals surface area contributed by atoms with E-state index in [2.05, 4.69) is 53.8 Å². The molecule has 4 heteroatoms. The molecule has 0 fully saturated rings. The number of benzene rings is 1. The van der Waals surface area contributed by atoms with Crippen LogP contribution in [0.5, 0.6) is 0 Å². The van der Waals surface area contributed by atoms with E-state index < -0.39 is 15.3 Å². The van der Waals surface area contributed by atoms with E-state index in [0.717, 1.165) is 28.7 Å². The first-order valence-corrected chi connectivity index (χ1v) is 9.92. The highest BCUT2D eigenvalue weighted by Crippen LogP contribution is 2.41. The normalized spacial score (nSPS) is 18.1. The smallest absolute Gasteiger partial charge is 0.341 e. The van der Waals surface area contributed by atoms with Gasteiger partial charge in [-0.1, -0.05) is 33.8 Å². The average molecular weight is 305 g/mol. The van der Waals surface area contributed by atoms with Gasteiger partial charge in [0.1, 0.15) is 0 Å². The number of esters is 1. The minimum absolute atomic E-state index is 0.0954. The van der Waals surface area contributed by atoms with Gasteiger partial charge in [0.25, 0.3) is 0 Å². The zero-order valence-corrected chi connectivity index (χ0v) is 15.1. The van der Waals surface area contributed by atoms with E-state index in [0.29, 0.717) is 0 Å². The fourth-order valence-electron chi connectivity index (χ4n) is 2.85. The van der Waals surface area contributed by atoms with Crippen LogP contribution in [0.25, 0.3) is 0 Å². The highest BCUT2D eigenvalue weighted by Gasteiger charge is 2.39. The molecule has 1 atom stereocenters. The summed E-state index contributed by atoms with van der Waals surface area (Å²) < 4.78 is 11.4. The lowest BCUT2D eigenvalue weighted by atomic mass is 9.79. The van der Waals surface area contributed by atoms with Crippen LogP contribution >= 0.6 is 0 Å². The van der Waals surface area contributed by atoms with Gasteiger partial charge in [0.15, 0.2) is 0 Å². The molecule has 1 radical (unpaired) electrons. The summed E-state index contributed by atoms with van der Waals surface area (Å²) in [5.74, 6) is -0.242. The van der Waals surface area contributed by atoms with E-state index in [1.807, 2.05) is 0 Å². The van der Waals surface area contributed by atoms with E-state index in [9.17, 15) is 4.79 Å². The molecule has 21 heavy (non-hydrogen) atoms. The first-order valence-electron chi connectivity index (χ1n) is 7.51. The Bertz CT molecular complexity index is 570. The second-order valence-electron chi connectivity index (χ2n) is 6.86. The summed E-state index contributed by atoms with van der Waals surface area (Å²) in [6.07, 6.45) is 0.420. The molecule has 0 amide bonds. The minimum atomic E-state index is -0.943. The van der Waals surface area contributed by atoms with Gasteiger partial charge < -0.3 is 9.16 Å². The van der Waals surface area contributed by atoms with Crippen molar-refractivity contribution in [2.24, 2.45) is 0 Å². The molecule has 0 aromatic heterocycles. The van der Waals surface area contributed by atoms with Gasteiger partial charge in [0.2, 0.25) is 15.3 Å². The molecule has 0 bridgehead atoms. The van der Waals surface area contributed by atoms with Gasteiger partial charge in [-0.2, -0.15) is 0 Å². The van der Waals surface area contributed by atoms with Crippen LogP contribution in [0, 0.1) is 6.92 Å². The molecular formula is C17H25O3Si. The Balaban J connectivity index is 2.70. The van der Waals surface area contributed by atoms with Crippen molar-refractivity contribution in [1.29, 1.82) is 0 Å². The largest absolute Gasteiger partial charge is 0.429 e. The zero-order valence-electron chi connectivity index (χ0n) is 14.1. The summed E-state index contributed by atoms with van der Waals surface area (Å²) in [7, 11) is -0.943. The number of hydrogen-bond acceptors (Lipinski definition) is 3. The van der Waals surface area contributed by atoms with E-state index >= 15 is 0 Å². The third-order valence-electron chi connectivity index (χ3n) is 3.93. The van der Waals surface area contributed by atoms with Crippen molar-refractivity contribution in [3.8, 4) is 0 Å². The molecule has 115 valence electrons. The maximum atomic E-state index is 12.4. The van der Waals surface area contributed by atoms with Crippen molar-refractivity contribution in [3.05, 3.63) is 33.9 Å². The minimum Gasteiger partial charge on any atom is -0.429 e. The van der Waals surface area contributed by atoms with E-state index in [-0.39, 0.29) is 11.4 Å². The number of fused-ring (bicyclic) bond motifs is 1. The van der Waals surface area contributed by atoms with Crippen molar-refractivity contribution >= 4 is 15.0 Å². The number of carbonyl (C=O) groups excluding carboxylic acids is 1. The number of aryl methyl sites for hydroxylation is 1. The lowest BCUT2D eigenvalue weighted by molar-refractivity contribution is -0.0398. The maximum Gasteiger partial charge on any atom is 0.341 e. The van der Waals surface area contributed by atoms with Crippen LogP contribution in [-0.2, 0) is 21.0 Å². The second-order valence-corrected chi connectivity index (χ2v) is 8.92. The van der Waals surface area contributed by atoms with Gasteiger partial charge in [0.05, 0.1) is 5.56 Å². The van der Waals surface area contributed by atoms with Crippen LogP contribution in [-0.4, -0.2) is 15.0 Å². The summed E-state index contributed by atoms with van der Waals surface area (Å²) in [4.78, 5) is 12.4. The molecule has 0 saturated carbocycles. The molecule has 1 heterocycles. The number of ether oxygens (including phenoxy) is 1. The lowest BCUT2D eigenvalue weighted by Gasteiger charge is -2.24. The topological polar surface area (TPSA) is 35.5 Å². The monoisotopic (exact) mass is 305 g/mol. The standard InChI is InChI=1S/C17H25O3Si/c1-8-11-9-12(17(3,4)5)14-13(10(11)2)16(19-15(14)18)20-21(6)7/h9,16H,8H2,1-7H3. The highest BCUT2D eigenvalue weighted by atomic mass is 28.3. The van der Waals surface area contributed by atoms with Crippen molar-refractivity contribution in [2.75, 3.05) is 0 Å². The van der Waals surface area contributed by atoms with E-state index in [4.69, 9.17) is 9.16 Å². The fourth-order valence-corrected chi connectivity index (χ4v) is 3.44. The second kappa shape index (κ2) is 5.58. The number of cyclic esters (lactones) is 1. The molecule has 0 N–H and O–H groups in total. The van der Waals surface area contributed by atoms with Gasteiger partial charge >= 0.3 is 5.97 Å². The molecule has 1 aliphatic heterocycles. The molecule has 1 aromatic rings. The number of hydrogen-bond donors (Lipinski definition) is 0. The molecule has 1 unspecified atom stereocenters. The van der Waals surface area contributed by atoms with Crippen molar-refractivity contribution < 1.29 is 14.0 Å². The highest BCUT2D eigenvalue weighted by molar-refractivity contribution is 6.48. The zero-order chi connectivity index (χ0) is 15.9. The molecule has 0 saturated heterocycles. The predicted octanol–water partition coefficient (Wildman–Crippen LogP) is 4.29. The molecular weight excluding hydrogens is 280 g/mol. The van der Waals surface area contributed by atoms with Gasteiger partial charge in [-0.05, 0) is 48.5 Å². The van der Waals surface area contributed by atoms with E-state index in [1.54, 1.807) is 0 Å². The van der Waals surface area contributed by atoms with Crippen LogP contribution in [0.15, 0.2) is 6.07 Å². The Kier molecular flexibility index (Phi) is 4.31. The predicted molar refractivity (Wildman–Crippen MR) is 86.0 cm³/mol. The first kappa shape index (κ1) is 16.2. The summed E-state index contributed by atoms with van der Waals surface area (Å²) in [5, 5.41) is 0. The molecule has 1 aliphatic rings. The van der Waals surface area contributed by atoms with Gasteiger partial charge in [-0.3, -0.25) is 0 Å². The summed E-state index contributed by atoms with van der Waals surface area (Å²) in [6, 6.07) is 2.17. The van der Waals surface area contributed by atoms with Crippen LogP contribution in [0.2, 0.25) is 13.1 Å². The Morgan fingerprint density at radius 1 is 1.33 bits per heavy atom. The quantitative estimate of drug-likeness (QED) is 0.617. The molecule has 2 rings (SSSR count). The SMILES string of the molecule is CCc1cc(C(C)(C)C)c2c(c1C)C(O[Si](C)C)OC2=O. The maximum absolute atomic E-state index is 12.4. The summed E-state index contributed by atoms with van der Waals surface area (Å²) in [5.41, 5.74) is 5.06. The lowest BCUT2D eigenvalue weighted by Crippen LogP contribution is -2.18. The fraction of sp³-hybridized carbons (Fsp3) is 0.588. The first-order chi connectivity index (χ1) is 9.66. The summed E-state index contributed by atoms with van der Waals surface area (Å²) >= 11 is 0. The average Bonchev–Trinajstić information content (AvgIpc) is 2.65. The van der Waals surface area contributed by atoms with Gasteiger partial charge in [-0.25, -0.2) is 4.79 Å². The molecule has 0 spiro atoms. The molecule has 3 nitrogen and oxygen atoms in total. The van der Waals surface area contributed by atoms with Crippen LogP contribution in [0.1, 0.15) is 66.6 Å². The number of carbonyl (C=O) groups is 1. The van der Waals surface area contributed by atoms with Crippen LogP contribution in [0.4, 0.5) is 0 Å². The summed E-state index contributed by atoms with van der Waals surface area (Å²) in [6.45, 7) is 14.7. The molecule has 1 aromatic carbocycles. The Labute approximate surface area is 129 Å². The van der Waals surface area contributed by atoms with Crippen molar-refractivity contribution in [2.45, 2.75) is 65.8 Å². The Hall–Kier alpha value is -1.13. The van der Waals surface area contributed by atoms with Crippen molar-refractivity contribution in [1.82, 2.24) is 0 Å². The third-order valence-corrected chi connectivity index (χ3v) is 4.61. The molecule has 0 aliphatic carbocycles. The van der Waals surface area contributed by atoms with Crippen LogP contribution in [0.3, 0.4) is 0 Å². The van der Waals surface area contributed by atoms with Crippen LogP contribution < -0.4 is 0 Å².